The van der Waals surface area contributed by atoms with Gasteiger partial charge in [0.1, 0.15) is 11.0 Å². The summed E-state index contributed by atoms with van der Waals surface area (Å²) in [5.74, 6) is 0. The number of imidazole rings is 1. The van der Waals surface area contributed by atoms with E-state index in [0.29, 0.717) is 5.56 Å². The van der Waals surface area contributed by atoms with Crippen LogP contribution in [0.2, 0.25) is 0 Å². The molecule has 1 N–H and O–H groups in total. The van der Waals surface area contributed by atoms with Gasteiger partial charge in [0.05, 0.1) is 18.0 Å². The maximum Gasteiger partial charge on any atom is 0.116 e. The highest BCUT2D eigenvalue weighted by molar-refractivity contribution is 5.85. The van der Waals surface area contributed by atoms with Crippen LogP contribution in [-0.4, -0.2) is 25.0 Å². The molecule has 2 aromatic carbocycles. The van der Waals surface area contributed by atoms with Gasteiger partial charge in [0, 0.05) is 24.9 Å². The van der Waals surface area contributed by atoms with E-state index in [0.717, 1.165) is 40.8 Å². The Hall–Kier alpha value is -3.17. The molecule has 124 valence electrons. The van der Waals surface area contributed by atoms with Gasteiger partial charge >= 0.3 is 0 Å². The Morgan fingerprint density at radius 1 is 1.08 bits per heavy atom. The Morgan fingerprint density at radius 3 is 2.72 bits per heavy atom. The standard InChI is InChI=1S/C18H14N6.ClH/c19-9-13-4-6-14(7-5-13)11-24-12-20-10-16(24)8-15-2-1-3-17-18(15)22-23-21-17;/h1-7,10,12H,8,11H2,(H,21,22,23);1H. The lowest BCUT2D eigenvalue weighted by Gasteiger charge is -2.09. The molecule has 0 saturated carbocycles. The second kappa shape index (κ2) is 7.16. The van der Waals surface area contributed by atoms with Gasteiger partial charge in [0.15, 0.2) is 0 Å². The van der Waals surface area contributed by atoms with E-state index < -0.39 is 0 Å². The molecule has 0 radical (unpaired) electrons. The summed E-state index contributed by atoms with van der Waals surface area (Å²) in [4.78, 5) is 4.28. The van der Waals surface area contributed by atoms with Crippen molar-refractivity contribution in [3.63, 3.8) is 0 Å². The topological polar surface area (TPSA) is 83.2 Å². The van der Waals surface area contributed by atoms with Crippen molar-refractivity contribution in [1.82, 2.24) is 25.0 Å². The highest BCUT2D eigenvalue weighted by Gasteiger charge is 2.09. The van der Waals surface area contributed by atoms with E-state index in [1.54, 1.807) is 0 Å². The fourth-order valence-electron chi connectivity index (χ4n) is 2.78. The number of para-hydroxylation sites is 1. The zero-order valence-corrected chi connectivity index (χ0v) is 14.1. The maximum atomic E-state index is 8.88. The van der Waals surface area contributed by atoms with E-state index in [9.17, 15) is 0 Å². The molecule has 0 aliphatic rings. The third-order valence-electron chi connectivity index (χ3n) is 4.04. The number of rotatable bonds is 4. The Labute approximate surface area is 150 Å². The predicted molar refractivity (Wildman–Crippen MR) is 96.4 cm³/mol. The lowest BCUT2D eigenvalue weighted by atomic mass is 10.1. The second-order valence-electron chi connectivity index (χ2n) is 5.61. The number of nitrogens with zero attached hydrogens (tertiary/aromatic N) is 5. The average Bonchev–Trinajstić information content (AvgIpc) is 3.26. The number of H-pyrrole nitrogens is 1. The minimum absolute atomic E-state index is 0. The highest BCUT2D eigenvalue weighted by Crippen LogP contribution is 2.18. The fraction of sp³-hybridized carbons (Fsp3) is 0.111. The van der Waals surface area contributed by atoms with Crippen molar-refractivity contribution in [1.29, 1.82) is 5.26 Å². The van der Waals surface area contributed by atoms with Gasteiger partial charge in [0.2, 0.25) is 0 Å². The molecule has 2 heterocycles. The lowest BCUT2D eigenvalue weighted by Crippen LogP contribution is -2.04. The molecule has 0 atom stereocenters. The van der Waals surface area contributed by atoms with Crippen molar-refractivity contribution >= 4 is 23.4 Å². The number of benzene rings is 2. The number of nitriles is 1. The molecule has 0 fully saturated rings. The van der Waals surface area contributed by atoms with Crippen LogP contribution in [0.15, 0.2) is 55.0 Å². The molecule has 7 heteroatoms. The van der Waals surface area contributed by atoms with Crippen LogP contribution in [0, 0.1) is 11.3 Å². The van der Waals surface area contributed by atoms with Crippen LogP contribution in [-0.2, 0) is 13.0 Å². The van der Waals surface area contributed by atoms with E-state index >= 15 is 0 Å². The molecule has 0 spiro atoms. The summed E-state index contributed by atoms with van der Waals surface area (Å²) in [7, 11) is 0. The second-order valence-corrected chi connectivity index (χ2v) is 5.61. The summed E-state index contributed by atoms with van der Waals surface area (Å²) >= 11 is 0. The predicted octanol–water partition coefficient (Wildman–Crippen LogP) is 3.09. The highest BCUT2D eigenvalue weighted by atomic mass is 35.5. The molecule has 4 rings (SSSR count). The molecule has 25 heavy (non-hydrogen) atoms. The average molecular weight is 351 g/mol. The van der Waals surface area contributed by atoms with Crippen molar-refractivity contribution in [2.45, 2.75) is 13.0 Å². The number of hydrogen-bond acceptors (Lipinski definition) is 4. The third kappa shape index (κ3) is 3.37. The molecule has 0 amide bonds. The summed E-state index contributed by atoms with van der Waals surface area (Å²) in [6.45, 7) is 0.718. The zero-order valence-electron chi connectivity index (χ0n) is 13.3. The van der Waals surface area contributed by atoms with E-state index in [4.69, 9.17) is 5.26 Å². The quantitative estimate of drug-likeness (QED) is 0.613. The molecule has 6 nitrogen and oxygen atoms in total. The maximum absolute atomic E-state index is 8.88. The Kier molecular flexibility index (Phi) is 4.78. The number of hydrogen-bond donors (Lipinski definition) is 1. The Morgan fingerprint density at radius 2 is 1.92 bits per heavy atom. The number of nitrogens with one attached hydrogen (secondary N) is 1. The number of aromatic nitrogens is 5. The number of fused-ring (bicyclic) bond motifs is 1. The molecule has 0 bridgehead atoms. The van der Waals surface area contributed by atoms with Gasteiger partial charge in [-0.3, -0.25) is 0 Å². The molecular formula is C18H15ClN6. The van der Waals surface area contributed by atoms with Gasteiger partial charge < -0.3 is 4.57 Å². The van der Waals surface area contributed by atoms with Gasteiger partial charge in [-0.1, -0.05) is 24.3 Å². The molecule has 4 aromatic rings. The van der Waals surface area contributed by atoms with Crippen molar-refractivity contribution in [2.24, 2.45) is 0 Å². The van der Waals surface area contributed by atoms with Crippen LogP contribution in [0.4, 0.5) is 0 Å². The largest absolute Gasteiger partial charge is 0.330 e. The molecule has 0 aliphatic carbocycles. The lowest BCUT2D eigenvalue weighted by molar-refractivity contribution is 0.754. The first-order valence-electron chi connectivity index (χ1n) is 7.60. The fourth-order valence-corrected chi connectivity index (χ4v) is 2.78. The van der Waals surface area contributed by atoms with Crippen molar-refractivity contribution in [3.05, 3.63) is 77.4 Å². The van der Waals surface area contributed by atoms with Gasteiger partial charge in [-0.2, -0.15) is 20.7 Å². The molecular weight excluding hydrogens is 336 g/mol. The first-order chi connectivity index (χ1) is 11.8. The van der Waals surface area contributed by atoms with Crippen molar-refractivity contribution in [3.8, 4) is 6.07 Å². The van der Waals surface area contributed by atoms with Crippen molar-refractivity contribution < 1.29 is 0 Å². The molecule has 0 aliphatic heterocycles. The van der Waals surface area contributed by atoms with E-state index in [1.807, 2.05) is 48.9 Å². The minimum atomic E-state index is 0. The summed E-state index contributed by atoms with van der Waals surface area (Å²) in [6.07, 6.45) is 4.44. The van der Waals surface area contributed by atoms with Crippen LogP contribution in [0.1, 0.15) is 22.4 Å². The van der Waals surface area contributed by atoms with E-state index in [-0.39, 0.29) is 12.4 Å². The van der Waals surface area contributed by atoms with Gasteiger partial charge in [-0.15, -0.1) is 12.4 Å². The summed E-state index contributed by atoms with van der Waals surface area (Å²) in [5, 5.41) is 19.9. The number of halogens is 1. The van der Waals surface area contributed by atoms with Crippen LogP contribution in [0.25, 0.3) is 11.0 Å². The third-order valence-corrected chi connectivity index (χ3v) is 4.04. The molecule has 0 unspecified atom stereocenters. The molecule has 2 aromatic heterocycles. The van der Waals surface area contributed by atoms with Crippen LogP contribution >= 0.6 is 12.4 Å². The van der Waals surface area contributed by atoms with Gasteiger partial charge in [-0.05, 0) is 29.3 Å². The van der Waals surface area contributed by atoms with E-state index in [1.165, 1.54) is 0 Å². The monoisotopic (exact) mass is 350 g/mol. The van der Waals surface area contributed by atoms with Crippen LogP contribution < -0.4 is 0 Å². The van der Waals surface area contributed by atoms with Crippen LogP contribution in [0.5, 0.6) is 0 Å². The van der Waals surface area contributed by atoms with Gasteiger partial charge in [-0.25, -0.2) is 4.98 Å². The summed E-state index contributed by atoms with van der Waals surface area (Å²) in [5.41, 5.74) is 5.78. The Balaban J connectivity index is 0.00000182. The normalized spacial score (nSPS) is 10.4. The first kappa shape index (κ1) is 16.7. The van der Waals surface area contributed by atoms with Crippen molar-refractivity contribution in [2.75, 3.05) is 0 Å². The number of aromatic amines is 1. The Bertz CT molecular complexity index is 1030. The zero-order chi connectivity index (χ0) is 16.4. The summed E-state index contributed by atoms with van der Waals surface area (Å²) in [6, 6.07) is 15.7. The van der Waals surface area contributed by atoms with Gasteiger partial charge in [0.25, 0.3) is 0 Å². The smallest absolute Gasteiger partial charge is 0.116 e. The minimum Gasteiger partial charge on any atom is -0.330 e. The SMILES string of the molecule is Cl.N#Cc1ccc(Cn2cncc2Cc2cccc3n[nH]nc23)cc1. The molecule has 0 saturated heterocycles. The first-order valence-corrected chi connectivity index (χ1v) is 7.60. The summed E-state index contributed by atoms with van der Waals surface area (Å²) < 4.78 is 2.11. The van der Waals surface area contributed by atoms with Crippen LogP contribution in [0.3, 0.4) is 0 Å². The van der Waals surface area contributed by atoms with E-state index in [2.05, 4.69) is 37.1 Å².